The number of carbonyl (C=O) groups is 1. The summed E-state index contributed by atoms with van der Waals surface area (Å²) in [5.74, 6) is -0.116. The van der Waals surface area contributed by atoms with E-state index in [0.29, 0.717) is 30.3 Å². The Morgan fingerprint density at radius 2 is 2.00 bits per heavy atom. The fourth-order valence-corrected chi connectivity index (χ4v) is 2.55. The molecule has 23 heavy (non-hydrogen) atoms. The van der Waals surface area contributed by atoms with Gasteiger partial charge in [0.05, 0.1) is 25.8 Å². The van der Waals surface area contributed by atoms with Crippen molar-refractivity contribution in [2.45, 2.75) is 6.10 Å². The van der Waals surface area contributed by atoms with Gasteiger partial charge in [0, 0.05) is 24.0 Å². The van der Waals surface area contributed by atoms with Gasteiger partial charge in [-0.25, -0.2) is 9.97 Å². The van der Waals surface area contributed by atoms with E-state index in [4.69, 9.17) is 21.1 Å². The molecule has 7 heteroatoms. The van der Waals surface area contributed by atoms with E-state index >= 15 is 0 Å². The number of methoxy groups -OCH3 is 1. The maximum Gasteiger partial charge on any atom is 0.316 e. The average molecular weight is 334 g/mol. The minimum atomic E-state index is -0.163. The molecule has 3 rings (SSSR count). The van der Waals surface area contributed by atoms with Crippen LogP contribution in [-0.2, 0) is 4.74 Å². The highest BCUT2D eigenvalue weighted by molar-refractivity contribution is 6.30. The molecule has 1 saturated heterocycles. The molecule has 6 nitrogen and oxygen atoms in total. The third-order valence-electron chi connectivity index (χ3n) is 3.65. The van der Waals surface area contributed by atoms with Crippen LogP contribution in [0.2, 0.25) is 5.02 Å². The summed E-state index contributed by atoms with van der Waals surface area (Å²) in [6.07, 6.45) is 2.78. The van der Waals surface area contributed by atoms with Crippen molar-refractivity contribution in [3.05, 3.63) is 52.8 Å². The van der Waals surface area contributed by atoms with Crippen molar-refractivity contribution in [1.29, 1.82) is 0 Å². The molecule has 1 aromatic heterocycles. The van der Waals surface area contributed by atoms with Crippen LogP contribution in [0.3, 0.4) is 0 Å². The second-order valence-electron chi connectivity index (χ2n) is 5.12. The van der Waals surface area contributed by atoms with E-state index in [2.05, 4.69) is 9.97 Å². The Kier molecular flexibility index (Phi) is 4.73. The predicted octanol–water partition coefficient (Wildman–Crippen LogP) is 2.35. The van der Waals surface area contributed by atoms with Crippen LogP contribution in [0.4, 0.5) is 0 Å². The molecule has 0 saturated carbocycles. The molecule has 2 heterocycles. The van der Waals surface area contributed by atoms with E-state index in [1.54, 1.807) is 4.90 Å². The summed E-state index contributed by atoms with van der Waals surface area (Å²) in [4.78, 5) is 22.2. The number of amides is 1. The molecule has 1 atom stereocenters. The topological polar surface area (TPSA) is 64.5 Å². The first kappa shape index (κ1) is 15.7. The van der Waals surface area contributed by atoms with Crippen LogP contribution in [0.25, 0.3) is 0 Å². The second-order valence-corrected chi connectivity index (χ2v) is 5.56. The lowest BCUT2D eigenvalue weighted by molar-refractivity contribution is -0.0228. The molecule has 0 N–H and O–H groups in total. The summed E-state index contributed by atoms with van der Waals surface area (Å²) in [6, 6.07) is 7.70. The van der Waals surface area contributed by atoms with Gasteiger partial charge in [-0.05, 0) is 17.7 Å². The SMILES string of the molecule is COc1ncc(C(=O)N2CCO[C@H](c3ccc(Cl)cc3)C2)cn1. The van der Waals surface area contributed by atoms with E-state index in [0.717, 1.165) is 5.56 Å². The van der Waals surface area contributed by atoms with Gasteiger partial charge < -0.3 is 14.4 Å². The molecule has 1 aliphatic heterocycles. The van der Waals surface area contributed by atoms with Crippen LogP contribution in [0, 0.1) is 0 Å². The number of hydrogen-bond acceptors (Lipinski definition) is 5. The molecule has 0 bridgehead atoms. The summed E-state index contributed by atoms with van der Waals surface area (Å²) in [7, 11) is 1.48. The zero-order valence-corrected chi connectivity index (χ0v) is 13.4. The van der Waals surface area contributed by atoms with E-state index in [-0.39, 0.29) is 18.0 Å². The van der Waals surface area contributed by atoms with E-state index in [9.17, 15) is 4.79 Å². The second kappa shape index (κ2) is 6.93. The first-order valence-corrected chi connectivity index (χ1v) is 7.57. The largest absolute Gasteiger partial charge is 0.467 e. The number of benzene rings is 1. The number of carbonyl (C=O) groups excluding carboxylic acids is 1. The van der Waals surface area contributed by atoms with Gasteiger partial charge in [0.2, 0.25) is 0 Å². The third-order valence-corrected chi connectivity index (χ3v) is 3.91. The molecule has 1 fully saturated rings. The highest BCUT2D eigenvalue weighted by Crippen LogP contribution is 2.24. The third kappa shape index (κ3) is 3.60. The molecule has 0 radical (unpaired) electrons. The first-order valence-electron chi connectivity index (χ1n) is 7.20. The monoisotopic (exact) mass is 333 g/mol. The number of hydrogen-bond donors (Lipinski definition) is 0. The highest BCUT2D eigenvalue weighted by atomic mass is 35.5. The van der Waals surface area contributed by atoms with Crippen LogP contribution in [0.5, 0.6) is 6.01 Å². The number of rotatable bonds is 3. The standard InChI is InChI=1S/C16H16ClN3O3/c1-22-16-18-8-12(9-19-16)15(21)20-6-7-23-14(10-20)11-2-4-13(17)5-3-11/h2-5,8-9,14H,6-7,10H2,1H3/t14-/m0/s1. The van der Waals surface area contributed by atoms with Crippen LogP contribution in [0.15, 0.2) is 36.7 Å². The highest BCUT2D eigenvalue weighted by Gasteiger charge is 2.26. The minimum Gasteiger partial charge on any atom is -0.467 e. The van der Waals surface area contributed by atoms with Gasteiger partial charge >= 0.3 is 6.01 Å². The Morgan fingerprint density at radius 1 is 1.30 bits per heavy atom. The fraction of sp³-hybridized carbons (Fsp3) is 0.312. The zero-order valence-electron chi connectivity index (χ0n) is 12.6. The molecular weight excluding hydrogens is 318 g/mol. The smallest absolute Gasteiger partial charge is 0.316 e. The molecule has 0 spiro atoms. The molecule has 2 aromatic rings. The van der Waals surface area contributed by atoms with Gasteiger partial charge in [0.1, 0.15) is 6.10 Å². The van der Waals surface area contributed by atoms with Crippen molar-refractivity contribution in [2.24, 2.45) is 0 Å². The maximum atomic E-state index is 12.6. The molecule has 0 unspecified atom stereocenters. The summed E-state index contributed by atoms with van der Waals surface area (Å²) in [5, 5.41) is 0.674. The van der Waals surface area contributed by atoms with E-state index in [1.807, 2.05) is 24.3 Å². The number of aromatic nitrogens is 2. The van der Waals surface area contributed by atoms with Gasteiger partial charge in [0.25, 0.3) is 5.91 Å². The van der Waals surface area contributed by atoms with Gasteiger partial charge in [0.15, 0.2) is 0 Å². The fourth-order valence-electron chi connectivity index (χ4n) is 2.43. The van der Waals surface area contributed by atoms with Crippen LogP contribution < -0.4 is 4.74 Å². The van der Waals surface area contributed by atoms with E-state index in [1.165, 1.54) is 19.5 Å². The number of nitrogens with zero attached hydrogens (tertiary/aromatic N) is 3. The Morgan fingerprint density at radius 3 is 2.65 bits per heavy atom. The molecule has 1 aliphatic rings. The summed E-state index contributed by atoms with van der Waals surface area (Å²) in [6.45, 7) is 1.50. The van der Waals surface area contributed by atoms with Crippen LogP contribution in [0.1, 0.15) is 22.0 Å². The summed E-state index contributed by atoms with van der Waals surface area (Å²) >= 11 is 5.90. The Labute approximate surface area is 139 Å². The number of morpholine rings is 1. The number of ether oxygens (including phenoxy) is 2. The quantitative estimate of drug-likeness (QED) is 0.862. The molecule has 1 amide bonds. The van der Waals surface area contributed by atoms with E-state index < -0.39 is 0 Å². The lowest BCUT2D eigenvalue weighted by atomic mass is 10.1. The Hall–Kier alpha value is -2.18. The summed E-state index contributed by atoms with van der Waals surface area (Å²) < 4.78 is 10.7. The lowest BCUT2D eigenvalue weighted by Crippen LogP contribution is -2.42. The number of halogens is 1. The average Bonchev–Trinajstić information content (AvgIpc) is 2.62. The Balaban J connectivity index is 1.72. The minimum absolute atomic E-state index is 0.116. The van der Waals surface area contributed by atoms with Gasteiger partial charge in [-0.2, -0.15) is 0 Å². The summed E-state index contributed by atoms with van der Waals surface area (Å²) in [5.41, 5.74) is 1.43. The molecule has 1 aromatic carbocycles. The van der Waals surface area contributed by atoms with Crippen LogP contribution >= 0.6 is 11.6 Å². The molecular formula is C16H16ClN3O3. The normalized spacial score (nSPS) is 17.8. The molecule has 120 valence electrons. The van der Waals surface area contributed by atoms with Gasteiger partial charge in [-0.3, -0.25) is 4.79 Å². The van der Waals surface area contributed by atoms with Gasteiger partial charge in [-0.1, -0.05) is 23.7 Å². The first-order chi connectivity index (χ1) is 11.2. The predicted molar refractivity (Wildman–Crippen MR) is 84.6 cm³/mol. The molecule has 0 aliphatic carbocycles. The Bertz CT molecular complexity index is 676. The van der Waals surface area contributed by atoms with Crippen molar-refractivity contribution in [3.8, 4) is 6.01 Å². The lowest BCUT2D eigenvalue weighted by Gasteiger charge is -2.33. The van der Waals surface area contributed by atoms with Crippen molar-refractivity contribution >= 4 is 17.5 Å². The van der Waals surface area contributed by atoms with Crippen molar-refractivity contribution in [3.63, 3.8) is 0 Å². The maximum absolute atomic E-state index is 12.6. The van der Waals surface area contributed by atoms with Crippen molar-refractivity contribution in [2.75, 3.05) is 26.8 Å². The van der Waals surface area contributed by atoms with Crippen molar-refractivity contribution in [1.82, 2.24) is 14.9 Å². The zero-order chi connectivity index (χ0) is 16.2. The van der Waals surface area contributed by atoms with Crippen molar-refractivity contribution < 1.29 is 14.3 Å². The van der Waals surface area contributed by atoms with Gasteiger partial charge in [-0.15, -0.1) is 0 Å². The van der Waals surface area contributed by atoms with Crippen LogP contribution in [-0.4, -0.2) is 47.6 Å².